The van der Waals surface area contributed by atoms with Crippen LogP contribution < -0.4 is 9.47 Å². The average molecular weight is 500 g/mol. The molecule has 2 heterocycles. The number of carbonyl (C=O) groups excluding carboxylic acids is 1. The molecule has 6 nitrogen and oxygen atoms in total. The normalized spacial score (nSPS) is 16.4. The molecular weight excluding hydrogens is 480 g/mol. The van der Waals surface area contributed by atoms with Crippen LogP contribution in [0.5, 0.6) is 11.5 Å². The predicted molar refractivity (Wildman–Crippen MR) is 121 cm³/mol. The van der Waals surface area contributed by atoms with E-state index < -0.39 is 29.6 Å². The van der Waals surface area contributed by atoms with E-state index in [1.165, 1.54) is 35.2 Å². The quantitative estimate of drug-likeness (QED) is 0.425. The zero-order valence-corrected chi connectivity index (χ0v) is 18.8. The molecule has 0 saturated carbocycles. The van der Waals surface area contributed by atoms with E-state index in [2.05, 4.69) is 5.16 Å². The summed E-state index contributed by atoms with van der Waals surface area (Å²) in [7, 11) is 0. The number of amides is 1. The van der Waals surface area contributed by atoms with Gasteiger partial charge in [-0.05, 0) is 54.1 Å². The average Bonchev–Trinajstić information content (AvgIpc) is 3.52. The van der Waals surface area contributed by atoms with E-state index in [0.29, 0.717) is 23.6 Å². The Morgan fingerprint density at radius 1 is 1.00 bits per heavy atom. The number of carbonyl (C=O) groups is 1. The minimum Gasteiger partial charge on any atom is -0.454 e. The standard InChI is InChI=1S/C26H20F4N2O4/c27-20-6-2-4-18(10-20)25(33)32(13-16-3-1-5-19(9-16)26(28,29)30)14-21-12-22(31-36-21)17-7-8-23-24(11-17)35-15-34-23/h1-11,21H,12-15H2/t21-/m1/s1. The fraction of sp³-hybridized carbons (Fsp3) is 0.231. The van der Waals surface area contributed by atoms with Crippen molar-refractivity contribution in [1.82, 2.24) is 4.90 Å². The number of hydrogen-bond donors (Lipinski definition) is 0. The Balaban J connectivity index is 1.35. The third-order valence-electron chi connectivity index (χ3n) is 5.85. The van der Waals surface area contributed by atoms with Gasteiger partial charge in [0.15, 0.2) is 17.6 Å². The Hall–Kier alpha value is -4.08. The zero-order chi connectivity index (χ0) is 25.3. The lowest BCUT2D eigenvalue weighted by molar-refractivity contribution is -0.137. The highest BCUT2D eigenvalue weighted by Gasteiger charge is 2.32. The van der Waals surface area contributed by atoms with E-state index in [9.17, 15) is 22.4 Å². The SMILES string of the molecule is O=C(c1cccc(F)c1)N(Cc1cccc(C(F)(F)F)c1)C[C@H]1CC(c2ccc3c(c2)OCO3)=NO1. The van der Waals surface area contributed by atoms with Gasteiger partial charge in [-0.25, -0.2) is 4.39 Å². The van der Waals surface area contributed by atoms with Crippen molar-refractivity contribution < 1.29 is 36.7 Å². The molecule has 0 spiro atoms. The van der Waals surface area contributed by atoms with E-state index in [1.54, 1.807) is 12.1 Å². The summed E-state index contributed by atoms with van der Waals surface area (Å²) in [5, 5.41) is 4.14. The summed E-state index contributed by atoms with van der Waals surface area (Å²) in [5.74, 6) is 0.0892. The Kier molecular flexibility index (Phi) is 6.26. The van der Waals surface area contributed by atoms with Crippen LogP contribution >= 0.6 is 0 Å². The molecule has 0 aromatic heterocycles. The van der Waals surface area contributed by atoms with Gasteiger partial charge in [-0.15, -0.1) is 0 Å². The summed E-state index contributed by atoms with van der Waals surface area (Å²) in [6.45, 7) is 0.0404. The summed E-state index contributed by atoms with van der Waals surface area (Å²) < 4.78 is 64.1. The second-order valence-corrected chi connectivity index (χ2v) is 8.43. The number of fused-ring (bicyclic) bond motifs is 1. The molecule has 0 N–H and O–H groups in total. The number of benzene rings is 3. The molecule has 186 valence electrons. The number of ether oxygens (including phenoxy) is 2. The van der Waals surface area contributed by atoms with Gasteiger partial charge in [-0.1, -0.05) is 23.4 Å². The van der Waals surface area contributed by atoms with E-state index in [0.717, 1.165) is 23.8 Å². The third-order valence-corrected chi connectivity index (χ3v) is 5.85. The van der Waals surface area contributed by atoms with Crippen molar-refractivity contribution in [2.75, 3.05) is 13.3 Å². The highest BCUT2D eigenvalue weighted by molar-refractivity contribution is 6.02. The Morgan fingerprint density at radius 2 is 1.81 bits per heavy atom. The van der Waals surface area contributed by atoms with Gasteiger partial charge in [-0.2, -0.15) is 13.2 Å². The van der Waals surface area contributed by atoms with Gasteiger partial charge in [-0.3, -0.25) is 4.79 Å². The minimum absolute atomic E-state index is 0.0309. The number of hydrogen-bond acceptors (Lipinski definition) is 5. The zero-order valence-electron chi connectivity index (χ0n) is 18.8. The van der Waals surface area contributed by atoms with Crippen molar-refractivity contribution in [1.29, 1.82) is 0 Å². The highest BCUT2D eigenvalue weighted by Crippen LogP contribution is 2.34. The maximum Gasteiger partial charge on any atom is 0.416 e. The van der Waals surface area contributed by atoms with E-state index in [4.69, 9.17) is 14.3 Å². The van der Waals surface area contributed by atoms with Crippen LogP contribution in [0.15, 0.2) is 71.9 Å². The largest absolute Gasteiger partial charge is 0.454 e. The molecule has 36 heavy (non-hydrogen) atoms. The second kappa shape index (κ2) is 9.52. The molecule has 3 aromatic carbocycles. The Bertz CT molecular complexity index is 1330. The summed E-state index contributed by atoms with van der Waals surface area (Å²) in [4.78, 5) is 20.2. The van der Waals surface area contributed by atoms with Crippen LogP contribution in [0.1, 0.15) is 33.5 Å². The lowest BCUT2D eigenvalue weighted by Crippen LogP contribution is -2.37. The van der Waals surface area contributed by atoms with Crippen LogP contribution in [0.2, 0.25) is 0 Å². The highest BCUT2D eigenvalue weighted by atomic mass is 19.4. The topological polar surface area (TPSA) is 60.4 Å². The fourth-order valence-electron chi connectivity index (χ4n) is 4.11. The van der Waals surface area contributed by atoms with Gasteiger partial charge in [0.1, 0.15) is 5.82 Å². The Morgan fingerprint density at radius 3 is 2.61 bits per heavy atom. The minimum atomic E-state index is -4.52. The number of alkyl halides is 3. The van der Waals surface area contributed by atoms with Gasteiger partial charge in [0.25, 0.3) is 5.91 Å². The Labute approximate surface area is 203 Å². The molecule has 0 unspecified atom stereocenters. The van der Waals surface area contributed by atoms with Crippen molar-refractivity contribution in [3.8, 4) is 11.5 Å². The first-order valence-corrected chi connectivity index (χ1v) is 11.1. The predicted octanol–water partition coefficient (Wildman–Crippen LogP) is 5.41. The number of oxime groups is 1. The van der Waals surface area contributed by atoms with Crippen molar-refractivity contribution in [2.24, 2.45) is 5.16 Å². The first kappa shape index (κ1) is 23.7. The molecule has 0 saturated heterocycles. The molecule has 5 rings (SSSR count). The molecule has 10 heteroatoms. The lowest BCUT2D eigenvalue weighted by atomic mass is 10.0. The second-order valence-electron chi connectivity index (χ2n) is 8.43. The van der Waals surface area contributed by atoms with Crippen LogP contribution in [-0.4, -0.2) is 36.0 Å². The van der Waals surface area contributed by atoms with E-state index in [1.807, 2.05) is 6.07 Å². The molecule has 2 aliphatic heterocycles. The van der Waals surface area contributed by atoms with Crippen LogP contribution in [0.3, 0.4) is 0 Å². The van der Waals surface area contributed by atoms with Gasteiger partial charge in [0.2, 0.25) is 6.79 Å². The molecule has 3 aromatic rings. The fourth-order valence-corrected chi connectivity index (χ4v) is 4.11. The molecule has 0 radical (unpaired) electrons. The van der Waals surface area contributed by atoms with Crippen LogP contribution in [0, 0.1) is 5.82 Å². The van der Waals surface area contributed by atoms with Crippen LogP contribution in [0.25, 0.3) is 0 Å². The lowest BCUT2D eigenvalue weighted by Gasteiger charge is -2.25. The molecular formula is C26H20F4N2O4. The molecule has 1 atom stereocenters. The summed E-state index contributed by atoms with van der Waals surface area (Å²) >= 11 is 0. The third kappa shape index (κ3) is 5.12. The maximum atomic E-state index is 13.8. The molecule has 0 aliphatic carbocycles. The first-order valence-electron chi connectivity index (χ1n) is 11.1. The summed E-state index contributed by atoms with van der Waals surface area (Å²) in [5.41, 5.74) is 0.947. The molecule has 1 amide bonds. The summed E-state index contributed by atoms with van der Waals surface area (Å²) in [6.07, 6.45) is -4.71. The van der Waals surface area contributed by atoms with Crippen LogP contribution in [0.4, 0.5) is 17.6 Å². The first-order chi connectivity index (χ1) is 17.3. The van der Waals surface area contributed by atoms with Gasteiger partial charge in [0, 0.05) is 24.1 Å². The van der Waals surface area contributed by atoms with Crippen molar-refractivity contribution in [3.63, 3.8) is 0 Å². The van der Waals surface area contributed by atoms with Crippen molar-refractivity contribution in [2.45, 2.75) is 25.2 Å². The molecule has 0 bridgehead atoms. The monoisotopic (exact) mass is 500 g/mol. The molecule has 0 fully saturated rings. The van der Waals surface area contributed by atoms with Gasteiger partial charge in [0.05, 0.1) is 17.8 Å². The van der Waals surface area contributed by atoms with Crippen molar-refractivity contribution >= 4 is 11.6 Å². The van der Waals surface area contributed by atoms with Gasteiger partial charge < -0.3 is 19.2 Å². The smallest absolute Gasteiger partial charge is 0.416 e. The van der Waals surface area contributed by atoms with Gasteiger partial charge >= 0.3 is 6.18 Å². The maximum absolute atomic E-state index is 13.8. The number of nitrogens with zero attached hydrogens (tertiary/aromatic N) is 2. The number of rotatable bonds is 6. The van der Waals surface area contributed by atoms with E-state index in [-0.39, 0.29) is 31.0 Å². The molecule has 2 aliphatic rings. The van der Waals surface area contributed by atoms with Crippen LogP contribution in [-0.2, 0) is 17.6 Å². The summed E-state index contributed by atoms with van der Waals surface area (Å²) in [6, 6.07) is 15.3. The van der Waals surface area contributed by atoms with Crippen molar-refractivity contribution in [3.05, 3.63) is 94.8 Å². The van der Waals surface area contributed by atoms with E-state index >= 15 is 0 Å². The number of halogens is 4.